The van der Waals surface area contributed by atoms with Gasteiger partial charge < -0.3 is 9.57 Å². The van der Waals surface area contributed by atoms with Gasteiger partial charge in [-0.05, 0) is 12.8 Å². The van der Waals surface area contributed by atoms with Gasteiger partial charge in [0, 0.05) is 25.7 Å². The molecule has 1 saturated heterocycles. The minimum absolute atomic E-state index is 0.0203. The monoisotopic (exact) mass is 316 g/mol. The zero-order valence-electron chi connectivity index (χ0n) is 11.7. The van der Waals surface area contributed by atoms with Gasteiger partial charge in [-0.3, -0.25) is 24.4 Å². The molecule has 1 fully saturated rings. The van der Waals surface area contributed by atoms with Crippen LogP contribution in [0.3, 0.4) is 0 Å². The van der Waals surface area contributed by atoms with E-state index in [1.165, 1.54) is 5.48 Å². The lowest BCUT2D eigenvalue weighted by molar-refractivity contribution is -0.197. The van der Waals surface area contributed by atoms with Crippen LogP contribution >= 0.6 is 0 Å². The number of carbonyl (C=O) groups excluding carboxylic acids is 5. The molecule has 22 heavy (non-hydrogen) atoms. The van der Waals surface area contributed by atoms with Crippen LogP contribution in [0.1, 0.15) is 38.5 Å². The Labute approximate surface area is 125 Å². The first-order valence-electron chi connectivity index (χ1n) is 6.59. The summed E-state index contributed by atoms with van der Waals surface area (Å²) in [5.74, 6) is -3.34. The summed E-state index contributed by atoms with van der Waals surface area (Å²) >= 11 is 0. The van der Waals surface area contributed by atoms with E-state index in [1.54, 1.807) is 0 Å². The number of ether oxygens (including phenoxy) is 1. The van der Waals surface area contributed by atoms with Gasteiger partial charge in [-0.25, -0.2) is 10.3 Å². The third kappa shape index (κ3) is 5.87. The fourth-order valence-corrected chi connectivity index (χ4v) is 1.59. The molecule has 0 atom stereocenters. The van der Waals surface area contributed by atoms with Crippen molar-refractivity contribution < 1.29 is 38.8 Å². The highest BCUT2D eigenvalue weighted by Gasteiger charge is 2.32. The number of esters is 1. The van der Waals surface area contributed by atoms with Gasteiger partial charge in [0.25, 0.3) is 17.7 Å². The van der Waals surface area contributed by atoms with Crippen molar-refractivity contribution in [2.75, 3.05) is 6.61 Å². The number of amides is 3. The first kappa shape index (κ1) is 17.6. The first-order chi connectivity index (χ1) is 10.4. The summed E-state index contributed by atoms with van der Waals surface area (Å²) in [6.07, 6.45) is 0.556. The van der Waals surface area contributed by atoms with Crippen LogP contribution in [0.25, 0.3) is 0 Å². The fraction of sp³-hybridized carbons (Fsp3) is 0.583. The van der Waals surface area contributed by atoms with Crippen LogP contribution in [0.4, 0.5) is 0 Å². The molecule has 1 rings (SSSR count). The predicted molar refractivity (Wildman–Crippen MR) is 66.5 cm³/mol. The fourth-order valence-electron chi connectivity index (χ4n) is 1.59. The molecular weight excluding hydrogens is 300 g/mol. The summed E-state index contributed by atoms with van der Waals surface area (Å²) < 4.78 is 4.51. The summed E-state index contributed by atoms with van der Waals surface area (Å²) in [5, 5.41) is 8.65. The predicted octanol–water partition coefficient (Wildman–Crippen LogP) is -0.797. The van der Waals surface area contributed by atoms with Crippen LogP contribution in [0.2, 0.25) is 0 Å². The van der Waals surface area contributed by atoms with E-state index in [4.69, 9.17) is 5.21 Å². The number of hydrogen-bond donors (Lipinski definition) is 2. The van der Waals surface area contributed by atoms with Gasteiger partial charge in [0.1, 0.15) is 0 Å². The normalized spacial score (nSPS) is 14.0. The van der Waals surface area contributed by atoms with E-state index in [-0.39, 0.29) is 32.1 Å². The number of nitrogens with zero attached hydrogens (tertiary/aromatic N) is 1. The van der Waals surface area contributed by atoms with E-state index in [9.17, 15) is 24.0 Å². The van der Waals surface area contributed by atoms with E-state index in [1.807, 2.05) is 0 Å². The molecule has 1 aliphatic heterocycles. The summed E-state index contributed by atoms with van der Waals surface area (Å²) in [6.45, 7) is -0.587. The van der Waals surface area contributed by atoms with Gasteiger partial charge in [-0.15, -0.1) is 5.06 Å². The molecule has 10 nitrogen and oxygen atoms in total. The SMILES string of the molecule is O=C(COC(=O)CCCCC(=O)ON1C(=O)CCC1=O)NO. The highest BCUT2D eigenvalue weighted by molar-refractivity contribution is 6.01. The Morgan fingerprint density at radius 3 is 2.14 bits per heavy atom. The molecular formula is C12H16N2O8. The Kier molecular flexibility index (Phi) is 6.96. The molecule has 0 aromatic carbocycles. The summed E-state index contributed by atoms with van der Waals surface area (Å²) in [4.78, 5) is 60.2. The van der Waals surface area contributed by atoms with E-state index >= 15 is 0 Å². The molecule has 122 valence electrons. The molecule has 10 heteroatoms. The molecule has 0 radical (unpaired) electrons. The van der Waals surface area contributed by atoms with E-state index in [0.717, 1.165) is 0 Å². The van der Waals surface area contributed by atoms with Crippen LogP contribution in [0.5, 0.6) is 0 Å². The van der Waals surface area contributed by atoms with Gasteiger partial charge >= 0.3 is 11.9 Å². The minimum Gasteiger partial charge on any atom is -0.455 e. The smallest absolute Gasteiger partial charge is 0.333 e. The lowest BCUT2D eigenvalue weighted by Gasteiger charge is -2.12. The van der Waals surface area contributed by atoms with Gasteiger partial charge in [-0.1, -0.05) is 0 Å². The Balaban J connectivity index is 2.12. The van der Waals surface area contributed by atoms with Gasteiger partial charge in [0.15, 0.2) is 6.61 Å². The molecule has 0 unspecified atom stereocenters. The maximum atomic E-state index is 11.4. The average Bonchev–Trinajstić information content (AvgIpc) is 2.81. The van der Waals surface area contributed by atoms with Crippen molar-refractivity contribution in [1.82, 2.24) is 10.5 Å². The van der Waals surface area contributed by atoms with Crippen molar-refractivity contribution >= 4 is 29.7 Å². The van der Waals surface area contributed by atoms with Crippen molar-refractivity contribution in [2.24, 2.45) is 0 Å². The van der Waals surface area contributed by atoms with Gasteiger partial charge in [0.05, 0.1) is 0 Å². The van der Waals surface area contributed by atoms with E-state index in [0.29, 0.717) is 11.5 Å². The maximum absolute atomic E-state index is 11.4. The Morgan fingerprint density at radius 1 is 1.05 bits per heavy atom. The number of rotatable bonds is 8. The third-order valence-electron chi connectivity index (χ3n) is 2.70. The quantitative estimate of drug-likeness (QED) is 0.195. The molecule has 3 amide bonds. The van der Waals surface area contributed by atoms with Crippen molar-refractivity contribution in [3.05, 3.63) is 0 Å². The molecule has 0 aromatic rings. The molecule has 0 bridgehead atoms. The number of carbonyl (C=O) groups is 5. The Bertz CT molecular complexity index is 460. The average molecular weight is 316 g/mol. The van der Waals surface area contributed by atoms with Crippen molar-refractivity contribution in [2.45, 2.75) is 38.5 Å². The first-order valence-corrected chi connectivity index (χ1v) is 6.59. The van der Waals surface area contributed by atoms with Crippen LogP contribution in [-0.4, -0.2) is 46.5 Å². The number of unbranched alkanes of at least 4 members (excludes halogenated alkanes) is 1. The second-order valence-corrected chi connectivity index (χ2v) is 4.45. The molecule has 2 N–H and O–H groups in total. The number of hydroxylamine groups is 3. The summed E-state index contributed by atoms with van der Waals surface area (Å²) in [5.41, 5.74) is 1.31. The topological polar surface area (TPSA) is 139 Å². The standard InChI is InChI=1S/C12H16N2O8/c15-8(13-20)7-21-11(18)3-1-2-4-12(19)22-14-9(16)5-6-10(14)17/h20H,1-7H2,(H,13,15). The van der Waals surface area contributed by atoms with Crippen LogP contribution < -0.4 is 5.48 Å². The van der Waals surface area contributed by atoms with Crippen molar-refractivity contribution in [3.8, 4) is 0 Å². The summed E-state index contributed by atoms with van der Waals surface area (Å²) in [7, 11) is 0. The molecule has 0 spiro atoms. The minimum atomic E-state index is -0.850. The van der Waals surface area contributed by atoms with Crippen LogP contribution in [0, 0.1) is 0 Å². The molecule has 0 aromatic heterocycles. The van der Waals surface area contributed by atoms with Gasteiger partial charge in [-0.2, -0.15) is 0 Å². The Morgan fingerprint density at radius 2 is 1.59 bits per heavy atom. The van der Waals surface area contributed by atoms with Crippen molar-refractivity contribution in [3.63, 3.8) is 0 Å². The second-order valence-electron chi connectivity index (χ2n) is 4.45. The van der Waals surface area contributed by atoms with Gasteiger partial charge in [0.2, 0.25) is 0 Å². The van der Waals surface area contributed by atoms with Crippen molar-refractivity contribution in [1.29, 1.82) is 0 Å². The van der Waals surface area contributed by atoms with E-state index in [2.05, 4.69) is 9.57 Å². The third-order valence-corrected chi connectivity index (χ3v) is 2.70. The maximum Gasteiger partial charge on any atom is 0.333 e. The zero-order valence-corrected chi connectivity index (χ0v) is 11.7. The van der Waals surface area contributed by atoms with Crippen LogP contribution in [0.15, 0.2) is 0 Å². The molecule has 0 saturated carbocycles. The molecule has 1 aliphatic rings. The molecule has 0 aliphatic carbocycles. The lowest BCUT2D eigenvalue weighted by atomic mass is 10.2. The highest BCUT2D eigenvalue weighted by atomic mass is 16.7. The summed E-state index contributed by atoms with van der Waals surface area (Å²) in [6, 6.07) is 0. The Hall–Kier alpha value is -2.49. The molecule has 1 heterocycles. The lowest BCUT2D eigenvalue weighted by Crippen LogP contribution is -2.31. The number of imide groups is 1. The zero-order chi connectivity index (χ0) is 16.5. The largest absolute Gasteiger partial charge is 0.455 e. The number of nitrogens with one attached hydrogen (secondary N) is 1. The van der Waals surface area contributed by atoms with E-state index < -0.39 is 36.3 Å². The highest BCUT2D eigenvalue weighted by Crippen LogP contribution is 2.13. The van der Waals surface area contributed by atoms with Crippen LogP contribution in [-0.2, 0) is 33.5 Å². The second kappa shape index (κ2) is 8.72. The number of hydrogen-bond acceptors (Lipinski definition) is 8.